The number of nitrogens with zero attached hydrogens (tertiary/aromatic N) is 4. The van der Waals surface area contributed by atoms with Gasteiger partial charge in [-0.2, -0.15) is 5.10 Å². The number of benzene rings is 1. The fourth-order valence-corrected chi connectivity index (χ4v) is 3.61. The standard InChI is InChI=1S/C23H26ClN5O5/c1-12(2)10-28-20(25)18(21(31)27(5)23(28)33)17(30)11-34-22(32)15-6-8-16(9-7-15)29-14(4)19(24)13(3)26-29/h6-9,12H,10-11,25H2,1-5H3. The summed E-state index contributed by atoms with van der Waals surface area (Å²) < 4.78 is 8.76. The highest BCUT2D eigenvalue weighted by molar-refractivity contribution is 6.31. The molecule has 2 heterocycles. The van der Waals surface area contributed by atoms with Crippen LogP contribution in [0, 0.1) is 19.8 Å². The molecule has 10 nitrogen and oxygen atoms in total. The first-order chi connectivity index (χ1) is 15.9. The first-order valence-corrected chi connectivity index (χ1v) is 10.9. The van der Waals surface area contributed by atoms with Crippen molar-refractivity contribution < 1.29 is 14.3 Å². The fourth-order valence-electron chi connectivity index (χ4n) is 3.49. The number of hydrogen-bond donors (Lipinski definition) is 1. The minimum atomic E-state index is -0.837. The van der Waals surface area contributed by atoms with Crippen molar-refractivity contribution in [2.45, 2.75) is 34.2 Å². The summed E-state index contributed by atoms with van der Waals surface area (Å²) in [6.45, 7) is 6.89. The average Bonchev–Trinajstić information content (AvgIpc) is 3.06. The zero-order valence-corrected chi connectivity index (χ0v) is 20.3. The van der Waals surface area contributed by atoms with Crippen LogP contribution in [0.2, 0.25) is 5.02 Å². The van der Waals surface area contributed by atoms with Crippen molar-refractivity contribution in [2.24, 2.45) is 13.0 Å². The van der Waals surface area contributed by atoms with E-state index in [1.807, 2.05) is 20.8 Å². The molecule has 1 aromatic carbocycles. The summed E-state index contributed by atoms with van der Waals surface area (Å²) in [6, 6.07) is 6.40. The van der Waals surface area contributed by atoms with Crippen LogP contribution >= 0.6 is 11.6 Å². The zero-order valence-electron chi connectivity index (χ0n) is 19.6. The number of nitrogen functional groups attached to an aromatic ring is 1. The minimum absolute atomic E-state index is 0.0479. The second kappa shape index (κ2) is 9.68. The molecule has 34 heavy (non-hydrogen) atoms. The number of aromatic nitrogens is 4. The van der Waals surface area contributed by atoms with Gasteiger partial charge in [0, 0.05) is 13.6 Å². The average molecular weight is 488 g/mol. The molecule has 2 aromatic heterocycles. The summed E-state index contributed by atoms with van der Waals surface area (Å²) in [7, 11) is 1.27. The van der Waals surface area contributed by atoms with Gasteiger partial charge in [0.05, 0.1) is 27.7 Å². The van der Waals surface area contributed by atoms with E-state index >= 15 is 0 Å². The molecule has 3 aromatic rings. The van der Waals surface area contributed by atoms with E-state index in [-0.39, 0.29) is 29.4 Å². The first-order valence-electron chi connectivity index (χ1n) is 10.6. The Morgan fingerprint density at radius 1 is 1.15 bits per heavy atom. The van der Waals surface area contributed by atoms with E-state index in [1.165, 1.54) is 23.7 Å². The molecule has 3 rings (SSSR count). The van der Waals surface area contributed by atoms with Crippen LogP contribution in [0.1, 0.15) is 46.0 Å². The van der Waals surface area contributed by atoms with Gasteiger partial charge in [-0.25, -0.2) is 14.3 Å². The van der Waals surface area contributed by atoms with Gasteiger partial charge in [0.15, 0.2) is 6.61 Å². The molecule has 180 valence electrons. The Hall–Kier alpha value is -3.66. The third-order valence-electron chi connectivity index (χ3n) is 5.29. The maximum atomic E-state index is 12.7. The second-order valence-electron chi connectivity index (χ2n) is 8.35. The van der Waals surface area contributed by atoms with Gasteiger partial charge in [-0.15, -0.1) is 0 Å². The molecule has 0 bridgehead atoms. The van der Waals surface area contributed by atoms with Crippen molar-refractivity contribution in [3.05, 3.63) is 72.6 Å². The number of hydrogen-bond acceptors (Lipinski definition) is 7. The summed E-state index contributed by atoms with van der Waals surface area (Å²) in [6.07, 6.45) is 0. The van der Waals surface area contributed by atoms with E-state index in [0.717, 1.165) is 10.3 Å². The molecule has 0 aliphatic heterocycles. The zero-order chi connectivity index (χ0) is 25.3. The number of Topliss-reactive ketones (excluding diaryl/α,β-unsaturated/α-hetero) is 1. The highest BCUT2D eigenvalue weighted by Gasteiger charge is 2.23. The monoisotopic (exact) mass is 487 g/mol. The number of carbonyl (C=O) groups is 2. The first kappa shape index (κ1) is 25.0. The van der Waals surface area contributed by atoms with Crippen LogP contribution in [0.5, 0.6) is 0 Å². The van der Waals surface area contributed by atoms with Crippen LogP contribution in [-0.2, 0) is 18.3 Å². The Bertz CT molecular complexity index is 1380. The fraction of sp³-hybridized carbons (Fsp3) is 0.348. The van der Waals surface area contributed by atoms with Crippen LogP contribution in [0.25, 0.3) is 5.69 Å². The molecule has 2 N–H and O–H groups in total. The Labute approximate surface area is 200 Å². The van der Waals surface area contributed by atoms with Crippen molar-refractivity contribution in [2.75, 3.05) is 12.3 Å². The summed E-state index contributed by atoms with van der Waals surface area (Å²) in [5, 5.41) is 4.92. The smallest absolute Gasteiger partial charge is 0.338 e. The van der Waals surface area contributed by atoms with Gasteiger partial charge in [0.25, 0.3) is 5.56 Å². The minimum Gasteiger partial charge on any atom is -0.454 e. The number of ether oxygens (including phenoxy) is 1. The highest BCUT2D eigenvalue weighted by atomic mass is 35.5. The van der Waals surface area contributed by atoms with Gasteiger partial charge < -0.3 is 10.5 Å². The molecule has 0 saturated heterocycles. The van der Waals surface area contributed by atoms with Crippen molar-refractivity contribution >= 4 is 29.2 Å². The number of esters is 1. The Morgan fingerprint density at radius 3 is 2.29 bits per heavy atom. The van der Waals surface area contributed by atoms with E-state index in [0.29, 0.717) is 16.4 Å². The van der Waals surface area contributed by atoms with Crippen molar-refractivity contribution in [1.29, 1.82) is 0 Å². The van der Waals surface area contributed by atoms with E-state index in [4.69, 9.17) is 22.1 Å². The third-order valence-corrected chi connectivity index (χ3v) is 5.84. The maximum absolute atomic E-state index is 12.7. The lowest BCUT2D eigenvalue weighted by Gasteiger charge is -2.16. The number of anilines is 1. The summed E-state index contributed by atoms with van der Waals surface area (Å²) in [4.78, 5) is 50.1. The number of halogens is 1. The van der Waals surface area contributed by atoms with Crippen LogP contribution in [0.3, 0.4) is 0 Å². The van der Waals surface area contributed by atoms with Crippen molar-refractivity contribution in [1.82, 2.24) is 18.9 Å². The molecule has 11 heteroatoms. The lowest BCUT2D eigenvalue weighted by atomic mass is 10.1. The van der Waals surface area contributed by atoms with E-state index in [1.54, 1.807) is 23.7 Å². The molecular weight excluding hydrogens is 462 g/mol. The third kappa shape index (κ3) is 4.67. The van der Waals surface area contributed by atoms with Crippen LogP contribution in [-0.4, -0.2) is 37.3 Å². The number of nitrogens with two attached hydrogens (primary N) is 1. The van der Waals surface area contributed by atoms with Gasteiger partial charge in [0.2, 0.25) is 5.78 Å². The number of rotatable bonds is 7. The molecule has 0 unspecified atom stereocenters. The van der Waals surface area contributed by atoms with Gasteiger partial charge in [0.1, 0.15) is 11.4 Å². The molecule has 0 aliphatic carbocycles. The van der Waals surface area contributed by atoms with E-state index in [9.17, 15) is 19.2 Å². The number of ketones is 1. The van der Waals surface area contributed by atoms with Gasteiger partial charge in [-0.3, -0.25) is 18.7 Å². The largest absolute Gasteiger partial charge is 0.454 e. The molecule has 0 atom stereocenters. The molecule has 0 radical (unpaired) electrons. The highest BCUT2D eigenvalue weighted by Crippen LogP contribution is 2.22. The molecule has 0 spiro atoms. The normalized spacial score (nSPS) is 11.1. The topological polar surface area (TPSA) is 131 Å². The van der Waals surface area contributed by atoms with Crippen LogP contribution < -0.4 is 17.0 Å². The molecule has 0 saturated carbocycles. The van der Waals surface area contributed by atoms with E-state index in [2.05, 4.69) is 5.10 Å². The van der Waals surface area contributed by atoms with Crippen molar-refractivity contribution in [3.63, 3.8) is 0 Å². The summed E-state index contributed by atoms with van der Waals surface area (Å²) in [5.74, 6) is -1.74. The maximum Gasteiger partial charge on any atom is 0.338 e. The Kier molecular flexibility index (Phi) is 7.11. The summed E-state index contributed by atoms with van der Waals surface area (Å²) >= 11 is 6.19. The van der Waals surface area contributed by atoms with E-state index < -0.39 is 29.6 Å². The van der Waals surface area contributed by atoms with Crippen LogP contribution in [0.15, 0.2) is 33.9 Å². The Balaban J connectivity index is 1.78. The number of aryl methyl sites for hydroxylation is 1. The van der Waals surface area contributed by atoms with Gasteiger partial charge in [-0.1, -0.05) is 25.4 Å². The van der Waals surface area contributed by atoms with Crippen molar-refractivity contribution in [3.8, 4) is 5.69 Å². The lowest BCUT2D eigenvalue weighted by molar-refractivity contribution is 0.0474. The molecular formula is C23H26ClN5O5. The quantitative estimate of drug-likeness (QED) is 0.399. The van der Waals surface area contributed by atoms with Gasteiger partial charge in [-0.05, 0) is 44.0 Å². The predicted molar refractivity (Wildman–Crippen MR) is 128 cm³/mol. The molecule has 0 aliphatic rings. The second-order valence-corrected chi connectivity index (χ2v) is 8.73. The van der Waals surface area contributed by atoms with Crippen LogP contribution in [0.4, 0.5) is 5.82 Å². The summed E-state index contributed by atoms with van der Waals surface area (Å²) in [5.41, 5.74) is 6.50. The molecule has 0 amide bonds. The lowest BCUT2D eigenvalue weighted by Crippen LogP contribution is -2.43. The predicted octanol–water partition coefficient (Wildman–Crippen LogP) is 2.28. The number of carbonyl (C=O) groups excluding carboxylic acids is 2. The molecule has 0 fully saturated rings. The SMILES string of the molecule is Cc1nn(-c2ccc(C(=O)OCC(=O)c3c(N)n(CC(C)C)c(=O)n(C)c3=O)cc2)c(C)c1Cl. The Morgan fingerprint density at radius 2 is 1.76 bits per heavy atom. The van der Waals surface area contributed by atoms with Gasteiger partial charge >= 0.3 is 11.7 Å².